The van der Waals surface area contributed by atoms with Crippen LogP contribution in [-0.4, -0.2) is 24.9 Å². The molecule has 1 aliphatic carbocycles. The minimum atomic E-state index is 0.0697. The Balaban J connectivity index is 1.77. The normalized spacial score (nSPS) is 50.5. The van der Waals surface area contributed by atoms with Crippen LogP contribution in [0.3, 0.4) is 0 Å². The summed E-state index contributed by atoms with van der Waals surface area (Å²) in [7, 11) is 0. The van der Waals surface area contributed by atoms with E-state index in [4.69, 9.17) is 9.47 Å². The molecule has 3 aliphatic rings. The number of ether oxygens (including phenoxy) is 2. The summed E-state index contributed by atoms with van der Waals surface area (Å²) in [6.45, 7) is 4.08. The van der Waals surface area contributed by atoms with Gasteiger partial charge in [-0.25, -0.2) is 0 Å². The molecule has 2 heterocycles. The van der Waals surface area contributed by atoms with Crippen LogP contribution >= 0.6 is 0 Å². The first-order valence-electron chi connectivity index (χ1n) is 5.55. The Morgan fingerprint density at radius 3 is 2.85 bits per heavy atom. The summed E-state index contributed by atoms with van der Waals surface area (Å²) < 4.78 is 11.7. The largest absolute Gasteiger partial charge is 0.375 e. The molecular formula is C11H18O2. The van der Waals surface area contributed by atoms with Crippen molar-refractivity contribution in [2.75, 3.05) is 13.2 Å². The fourth-order valence-corrected chi connectivity index (χ4v) is 3.06. The van der Waals surface area contributed by atoms with E-state index >= 15 is 0 Å². The van der Waals surface area contributed by atoms with Crippen LogP contribution in [0.4, 0.5) is 0 Å². The number of fused-ring (bicyclic) bond motifs is 1. The van der Waals surface area contributed by atoms with Gasteiger partial charge in [-0.3, -0.25) is 0 Å². The van der Waals surface area contributed by atoms with Crippen molar-refractivity contribution in [1.29, 1.82) is 0 Å². The van der Waals surface area contributed by atoms with Gasteiger partial charge < -0.3 is 9.47 Å². The molecule has 74 valence electrons. The molecule has 0 spiro atoms. The maximum atomic E-state index is 5.91. The number of hydrogen-bond acceptors (Lipinski definition) is 2. The molecule has 0 bridgehead atoms. The Kier molecular flexibility index (Phi) is 1.72. The third-order valence-corrected chi connectivity index (χ3v) is 4.25. The first kappa shape index (κ1) is 8.25. The van der Waals surface area contributed by atoms with Gasteiger partial charge >= 0.3 is 0 Å². The molecule has 3 rings (SSSR count). The lowest BCUT2D eigenvalue weighted by atomic mass is 9.72. The zero-order valence-corrected chi connectivity index (χ0v) is 8.29. The van der Waals surface area contributed by atoms with E-state index in [2.05, 4.69) is 6.92 Å². The summed E-state index contributed by atoms with van der Waals surface area (Å²) in [6.07, 6.45) is 5.75. The lowest BCUT2D eigenvalue weighted by Crippen LogP contribution is -2.38. The quantitative estimate of drug-likeness (QED) is 0.617. The lowest BCUT2D eigenvalue weighted by molar-refractivity contribution is -0.0112. The van der Waals surface area contributed by atoms with Crippen molar-refractivity contribution in [2.45, 2.75) is 44.3 Å². The van der Waals surface area contributed by atoms with Gasteiger partial charge in [0.2, 0.25) is 0 Å². The highest BCUT2D eigenvalue weighted by Crippen LogP contribution is 2.47. The lowest BCUT2D eigenvalue weighted by Gasteiger charge is -2.34. The summed E-state index contributed by atoms with van der Waals surface area (Å²) in [4.78, 5) is 0. The summed E-state index contributed by atoms with van der Waals surface area (Å²) in [5.41, 5.74) is 0.0697. The first-order chi connectivity index (χ1) is 6.30. The second kappa shape index (κ2) is 2.71. The van der Waals surface area contributed by atoms with Gasteiger partial charge in [-0.05, 0) is 25.7 Å². The predicted molar refractivity (Wildman–Crippen MR) is 49.5 cm³/mol. The molecule has 0 aromatic heterocycles. The van der Waals surface area contributed by atoms with Crippen molar-refractivity contribution in [3.63, 3.8) is 0 Å². The van der Waals surface area contributed by atoms with Crippen molar-refractivity contribution >= 4 is 0 Å². The van der Waals surface area contributed by atoms with Crippen LogP contribution in [0.5, 0.6) is 0 Å². The second-order valence-electron chi connectivity index (χ2n) is 5.02. The van der Waals surface area contributed by atoms with Crippen molar-refractivity contribution in [3.05, 3.63) is 0 Å². The highest BCUT2D eigenvalue weighted by molar-refractivity contribution is 5.01. The van der Waals surface area contributed by atoms with Gasteiger partial charge in [0.1, 0.15) is 0 Å². The second-order valence-corrected chi connectivity index (χ2v) is 5.02. The standard InChI is InChI=1S/C11H18O2/c1-11-5-6-12-10(11)9(7-13-11)8-3-2-4-8/h8-10H,2-7H2,1H3/t9?,10-,11-/m1/s1. The van der Waals surface area contributed by atoms with E-state index in [-0.39, 0.29) is 5.60 Å². The molecule has 2 saturated heterocycles. The summed E-state index contributed by atoms with van der Waals surface area (Å²) >= 11 is 0. The average Bonchev–Trinajstić information content (AvgIpc) is 2.47. The minimum absolute atomic E-state index is 0.0697. The van der Waals surface area contributed by atoms with Crippen LogP contribution in [0.1, 0.15) is 32.6 Å². The first-order valence-corrected chi connectivity index (χ1v) is 5.55. The van der Waals surface area contributed by atoms with E-state index in [0.717, 1.165) is 25.6 Å². The molecule has 0 amide bonds. The smallest absolute Gasteiger partial charge is 0.0940 e. The van der Waals surface area contributed by atoms with Crippen molar-refractivity contribution in [1.82, 2.24) is 0 Å². The van der Waals surface area contributed by atoms with E-state index in [1.54, 1.807) is 0 Å². The molecule has 1 unspecified atom stereocenters. The van der Waals surface area contributed by atoms with Crippen LogP contribution in [0, 0.1) is 11.8 Å². The topological polar surface area (TPSA) is 18.5 Å². The fraction of sp³-hybridized carbons (Fsp3) is 1.00. The van der Waals surface area contributed by atoms with Crippen LogP contribution in [0.15, 0.2) is 0 Å². The molecule has 0 N–H and O–H groups in total. The Labute approximate surface area is 79.6 Å². The third kappa shape index (κ3) is 1.08. The molecule has 0 radical (unpaired) electrons. The molecule has 3 fully saturated rings. The summed E-state index contributed by atoms with van der Waals surface area (Å²) in [5, 5.41) is 0. The number of hydrogen-bond donors (Lipinski definition) is 0. The highest BCUT2D eigenvalue weighted by Gasteiger charge is 2.53. The SMILES string of the molecule is C[C@@]12CCO[C@@H]1C(C1CCC1)CO2. The third-order valence-electron chi connectivity index (χ3n) is 4.25. The molecule has 2 aliphatic heterocycles. The van der Waals surface area contributed by atoms with E-state index in [0.29, 0.717) is 12.0 Å². The molecule has 2 heteroatoms. The molecule has 2 nitrogen and oxygen atoms in total. The maximum absolute atomic E-state index is 5.91. The van der Waals surface area contributed by atoms with E-state index in [9.17, 15) is 0 Å². The molecule has 0 aromatic rings. The van der Waals surface area contributed by atoms with Gasteiger partial charge in [-0.1, -0.05) is 6.42 Å². The van der Waals surface area contributed by atoms with E-state index in [1.165, 1.54) is 19.3 Å². The van der Waals surface area contributed by atoms with E-state index in [1.807, 2.05) is 0 Å². The monoisotopic (exact) mass is 182 g/mol. The van der Waals surface area contributed by atoms with Crippen molar-refractivity contribution in [2.24, 2.45) is 11.8 Å². The average molecular weight is 182 g/mol. The molecule has 13 heavy (non-hydrogen) atoms. The van der Waals surface area contributed by atoms with Crippen LogP contribution in [0.2, 0.25) is 0 Å². The van der Waals surface area contributed by atoms with Gasteiger partial charge in [0.25, 0.3) is 0 Å². The Morgan fingerprint density at radius 2 is 2.15 bits per heavy atom. The van der Waals surface area contributed by atoms with Crippen LogP contribution in [-0.2, 0) is 9.47 Å². The van der Waals surface area contributed by atoms with Gasteiger partial charge in [0, 0.05) is 18.9 Å². The van der Waals surface area contributed by atoms with Gasteiger partial charge in [-0.15, -0.1) is 0 Å². The zero-order valence-electron chi connectivity index (χ0n) is 8.29. The predicted octanol–water partition coefficient (Wildman–Crippen LogP) is 1.98. The summed E-state index contributed by atoms with van der Waals surface area (Å²) in [5.74, 6) is 1.62. The molecular weight excluding hydrogens is 164 g/mol. The minimum Gasteiger partial charge on any atom is -0.375 e. The summed E-state index contributed by atoms with van der Waals surface area (Å²) in [6, 6.07) is 0. The van der Waals surface area contributed by atoms with Crippen LogP contribution < -0.4 is 0 Å². The number of rotatable bonds is 1. The Morgan fingerprint density at radius 1 is 1.31 bits per heavy atom. The van der Waals surface area contributed by atoms with Gasteiger partial charge in [-0.2, -0.15) is 0 Å². The Hall–Kier alpha value is -0.0800. The Bertz CT molecular complexity index is 212. The molecule has 1 saturated carbocycles. The van der Waals surface area contributed by atoms with Gasteiger partial charge in [0.15, 0.2) is 0 Å². The van der Waals surface area contributed by atoms with Crippen LogP contribution in [0.25, 0.3) is 0 Å². The fourth-order valence-electron chi connectivity index (χ4n) is 3.06. The zero-order chi connectivity index (χ0) is 8.89. The highest BCUT2D eigenvalue weighted by atomic mass is 16.6. The van der Waals surface area contributed by atoms with Gasteiger partial charge in [0.05, 0.1) is 18.3 Å². The van der Waals surface area contributed by atoms with E-state index < -0.39 is 0 Å². The molecule has 0 aromatic carbocycles. The van der Waals surface area contributed by atoms with Crippen molar-refractivity contribution < 1.29 is 9.47 Å². The maximum Gasteiger partial charge on any atom is 0.0940 e. The molecule has 3 atom stereocenters. The van der Waals surface area contributed by atoms with Crippen molar-refractivity contribution in [3.8, 4) is 0 Å².